The number of nitrogens with zero attached hydrogens (tertiary/aromatic N) is 1. The highest BCUT2D eigenvalue weighted by Crippen LogP contribution is 2.47. The van der Waals surface area contributed by atoms with Gasteiger partial charge < -0.3 is 25.5 Å². The number of hydrogen-bond acceptors (Lipinski definition) is 6. The minimum atomic E-state index is -4.99. The highest BCUT2D eigenvalue weighted by atomic mass is 19.4. The van der Waals surface area contributed by atoms with E-state index in [1.165, 1.54) is 29.7 Å². The maximum Gasteiger partial charge on any atom is 0.419 e. The summed E-state index contributed by atoms with van der Waals surface area (Å²) in [5.74, 6) is -1.89. The van der Waals surface area contributed by atoms with Crippen molar-refractivity contribution in [3.63, 3.8) is 0 Å². The van der Waals surface area contributed by atoms with E-state index in [1.54, 1.807) is 13.8 Å². The molecule has 0 saturated heterocycles. The van der Waals surface area contributed by atoms with Gasteiger partial charge in [0.25, 0.3) is 5.91 Å². The van der Waals surface area contributed by atoms with Crippen molar-refractivity contribution >= 4 is 23.3 Å². The first kappa shape index (κ1) is 28.2. The molecule has 0 aliphatic heterocycles. The minimum Gasteiger partial charge on any atom is -0.461 e. The van der Waals surface area contributed by atoms with Crippen molar-refractivity contribution in [2.24, 2.45) is 23.0 Å². The van der Waals surface area contributed by atoms with Crippen LogP contribution >= 0.6 is 0 Å². The predicted octanol–water partition coefficient (Wildman–Crippen LogP) is 4.89. The predicted molar refractivity (Wildman–Crippen MR) is 141 cm³/mol. The number of ether oxygens (including phenoxy) is 1. The number of benzene rings is 1. The molecule has 40 heavy (non-hydrogen) atoms. The summed E-state index contributed by atoms with van der Waals surface area (Å²) in [7, 11) is 0. The maximum absolute atomic E-state index is 14.5. The maximum atomic E-state index is 14.5. The van der Waals surface area contributed by atoms with Crippen LogP contribution in [0.4, 0.5) is 18.9 Å². The van der Waals surface area contributed by atoms with Crippen molar-refractivity contribution in [2.75, 3.05) is 11.9 Å². The number of ketones is 1. The Morgan fingerprint density at radius 1 is 1.15 bits per heavy atom. The zero-order valence-corrected chi connectivity index (χ0v) is 22.7. The molecule has 2 aromatic rings. The Bertz CT molecular complexity index is 1370. The molecule has 1 heterocycles. The van der Waals surface area contributed by atoms with Crippen molar-refractivity contribution in [1.29, 1.82) is 0 Å². The highest BCUT2D eigenvalue weighted by Gasteiger charge is 2.49. The largest absolute Gasteiger partial charge is 0.461 e. The molecule has 3 aliphatic carbocycles. The molecule has 2 unspecified atom stereocenters. The van der Waals surface area contributed by atoms with Gasteiger partial charge in [0.05, 0.1) is 29.4 Å². The van der Waals surface area contributed by atoms with Gasteiger partial charge in [0.15, 0.2) is 5.78 Å². The second-order valence-electron chi connectivity index (χ2n) is 12.1. The van der Waals surface area contributed by atoms with E-state index in [1.807, 2.05) is 0 Å². The number of anilines is 1. The summed E-state index contributed by atoms with van der Waals surface area (Å²) >= 11 is 0. The fraction of sp³-hybridized carbons (Fsp3) is 0.552. The van der Waals surface area contributed by atoms with Gasteiger partial charge in [0.1, 0.15) is 5.69 Å². The lowest BCUT2D eigenvalue weighted by molar-refractivity contribution is -0.138. The van der Waals surface area contributed by atoms with Crippen LogP contribution in [0.1, 0.15) is 95.3 Å². The third-order valence-electron chi connectivity index (χ3n) is 8.46. The molecule has 0 radical (unpaired) electrons. The molecule has 5 rings (SSSR count). The van der Waals surface area contributed by atoms with Crippen molar-refractivity contribution in [3.05, 3.63) is 46.3 Å². The van der Waals surface area contributed by atoms with E-state index < -0.39 is 46.1 Å². The first-order valence-electron chi connectivity index (χ1n) is 13.6. The molecule has 1 aromatic heterocycles. The molecule has 2 saturated carbocycles. The molecule has 0 bridgehead atoms. The average Bonchev–Trinajstić information content (AvgIpc) is 3.46. The number of alkyl halides is 3. The van der Waals surface area contributed by atoms with Gasteiger partial charge in [-0.15, -0.1) is 0 Å². The van der Waals surface area contributed by atoms with Crippen LogP contribution in [-0.2, 0) is 17.3 Å². The van der Waals surface area contributed by atoms with Crippen LogP contribution in [0.2, 0.25) is 0 Å². The summed E-state index contributed by atoms with van der Waals surface area (Å²) in [6.07, 6.45) is -2.30. The quantitative estimate of drug-likeness (QED) is 0.432. The van der Waals surface area contributed by atoms with Gasteiger partial charge in [-0.2, -0.15) is 13.2 Å². The number of rotatable bonds is 6. The summed E-state index contributed by atoms with van der Waals surface area (Å²) in [6, 6.07) is 4.34. The Kier molecular flexibility index (Phi) is 7.00. The Balaban J connectivity index is 1.67. The number of nitrogens with one attached hydrogen (secondary N) is 1. The van der Waals surface area contributed by atoms with Crippen LogP contribution in [0.3, 0.4) is 0 Å². The number of hydrogen-bond donors (Lipinski definition) is 3. The zero-order valence-electron chi connectivity index (χ0n) is 22.7. The number of aromatic nitrogens is 1. The van der Waals surface area contributed by atoms with Crippen LogP contribution in [0.15, 0.2) is 18.2 Å². The van der Waals surface area contributed by atoms with Gasteiger partial charge >= 0.3 is 12.1 Å². The van der Waals surface area contributed by atoms with Gasteiger partial charge in [0.2, 0.25) is 0 Å². The van der Waals surface area contributed by atoms with Crippen molar-refractivity contribution in [1.82, 2.24) is 4.57 Å². The number of aliphatic hydroxyl groups excluding tert-OH is 1. The van der Waals surface area contributed by atoms with Crippen LogP contribution in [0.5, 0.6) is 0 Å². The number of Topliss-reactive ketones (excluding diaryl/α,β-unsaturated/α-hetero) is 1. The summed E-state index contributed by atoms with van der Waals surface area (Å²) < 4.78 is 49.8. The molecule has 0 spiro atoms. The fourth-order valence-electron chi connectivity index (χ4n) is 7.01. The van der Waals surface area contributed by atoms with Gasteiger partial charge in [-0.05, 0) is 74.5 Å². The van der Waals surface area contributed by atoms with Crippen LogP contribution in [0, 0.1) is 17.3 Å². The SMILES string of the molecule is CCOC(=O)c1c(C(F)(F)F)c2c(n1-c1ccc(C(N)=O)c(NC3C[C@H]4CC(O)C[C@H]4C3)c1)CC(C)(C)CC2=O. The number of halogens is 3. The van der Waals surface area contributed by atoms with E-state index in [9.17, 15) is 32.7 Å². The van der Waals surface area contributed by atoms with E-state index in [2.05, 4.69) is 5.32 Å². The highest BCUT2D eigenvalue weighted by molar-refractivity contribution is 6.05. The second kappa shape index (κ2) is 9.94. The minimum absolute atomic E-state index is 0.0230. The standard InChI is InChI=1S/C29H34F3N3O5/c1-4-40-27(39)25-24(29(30,31)32)23-21(12-28(2,3)13-22(23)37)35(25)17-5-6-19(26(33)38)20(11-17)34-16-7-14-9-18(36)10-15(14)8-16/h5-6,11,14-16,18,34,36H,4,7-10,12-13H2,1-3H3,(H2,33,38)/t14-,15+,16?,18?. The first-order valence-corrected chi connectivity index (χ1v) is 13.6. The lowest BCUT2D eigenvalue weighted by Gasteiger charge is -2.30. The topological polar surface area (TPSA) is 124 Å². The van der Waals surface area contributed by atoms with Crippen molar-refractivity contribution < 1.29 is 37.4 Å². The molecular weight excluding hydrogens is 527 g/mol. The molecule has 2 fully saturated rings. The number of fused-ring (bicyclic) bond motifs is 2. The molecule has 1 aromatic carbocycles. The molecule has 8 nitrogen and oxygen atoms in total. The first-order chi connectivity index (χ1) is 18.7. The smallest absolute Gasteiger partial charge is 0.419 e. The summed E-state index contributed by atoms with van der Waals surface area (Å²) in [5.41, 5.74) is 3.20. The summed E-state index contributed by atoms with van der Waals surface area (Å²) in [6.45, 7) is 4.92. The number of carbonyl (C=O) groups is 3. The van der Waals surface area contributed by atoms with Gasteiger partial charge in [-0.3, -0.25) is 9.59 Å². The van der Waals surface area contributed by atoms with Crippen LogP contribution in [0.25, 0.3) is 5.69 Å². The molecule has 11 heteroatoms. The lowest BCUT2D eigenvalue weighted by Crippen LogP contribution is -2.29. The molecule has 3 aliphatic rings. The number of aliphatic hydroxyl groups is 1. The lowest BCUT2D eigenvalue weighted by atomic mass is 9.75. The third-order valence-corrected chi connectivity index (χ3v) is 8.46. The molecule has 216 valence electrons. The van der Waals surface area contributed by atoms with Crippen molar-refractivity contribution in [3.8, 4) is 5.69 Å². The fourth-order valence-corrected chi connectivity index (χ4v) is 7.01. The number of nitrogens with two attached hydrogens (primary N) is 1. The Morgan fingerprint density at radius 2 is 1.80 bits per heavy atom. The summed E-state index contributed by atoms with van der Waals surface area (Å²) in [5, 5.41) is 13.3. The number of esters is 1. The molecule has 1 amide bonds. The normalized spacial score (nSPS) is 25.4. The van der Waals surface area contributed by atoms with Crippen molar-refractivity contribution in [2.45, 2.75) is 77.6 Å². The molecule has 4 atom stereocenters. The molecular formula is C29H34F3N3O5. The van der Waals surface area contributed by atoms with E-state index in [4.69, 9.17) is 10.5 Å². The Labute approximate surface area is 230 Å². The monoisotopic (exact) mass is 561 g/mol. The van der Waals surface area contributed by atoms with E-state index in [-0.39, 0.29) is 48.5 Å². The third kappa shape index (κ3) is 5.00. The number of primary amides is 1. The van der Waals surface area contributed by atoms with Gasteiger partial charge in [0, 0.05) is 29.5 Å². The average molecular weight is 562 g/mol. The van der Waals surface area contributed by atoms with E-state index >= 15 is 0 Å². The number of amides is 1. The number of carbonyl (C=O) groups excluding carboxylic acids is 3. The van der Waals surface area contributed by atoms with Gasteiger partial charge in [-0.1, -0.05) is 13.8 Å². The zero-order chi connectivity index (χ0) is 29.1. The Hall–Kier alpha value is -3.34. The second-order valence-corrected chi connectivity index (χ2v) is 12.1. The van der Waals surface area contributed by atoms with Crippen LogP contribution in [-0.4, -0.2) is 46.1 Å². The van der Waals surface area contributed by atoms with Gasteiger partial charge in [-0.25, -0.2) is 4.79 Å². The van der Waals surface area contributed by atoms with E-state index in [0.29, 0.717) is 30.4 Å². The molecule has 4 N–H and O–H groups in total. The van der Waals surface area contributed by atoms with Crippen LogP contribution < -0.4 is 11.1 Å². The summed E-state index contributed by atoms with van der Waals surface area (Å²) in [4.78, 5) is 38.6. The Morgan fingerprint density at radius 3 is 2.38 bits per heavy atom. The van der Waals surface area contributed by atoms with E-state index in [0.717, 1.165) is 12.8 Å².